The minimum atomic E-state index is -0.605. The van der Waals surface area contributed by atoms with Crippen molar-refractivity contribution in [3.8, 4) is 11.1 Å². The highest BCUT2D eigenvalue weighted by Crippen LogP contribution is 2.27. The molecule has 17 heavy (non-hydrogen) atoms. The van der Waals surface area contributed by atoms with Crippen molar-refractivity contribution in [2.75, 3.05) is 0 Å². The summed E-state index contributed by atoms with van der Waals surface area (Å²) < 4.78 is 27.4. The SMILES string of the molecule is Cc1ccc(F)c(-c2ccc(C=O)cc2)c1F. The molecule has 0 saturated carbocycles. The minimum Gasteiger partial charge on any atom is -0.298 e. The normalized spacial score (nSPS) is 10.3. The molecule has 0 heterocycles. The fraction of sp³-hybridized carbons (Fsp3) is 0.0714. The van der Waals surface area contributed by atoms with Gasteiger partial charge in [-0.1, -0.05) is 30.3 Å². The van der Waals surface area contributed by atoms with Crippen LogP contribution in [0, 0.1) is 18.6 Å². The Morgan fingerprint density at radius 3 is 2.24 bits per heavy atom. The molecule has 0 radical (unpaired) electrons. The second kappa shape index (κ2) is 4.45. The van der Waals surface area contributed by atoms with Crippen LogP contribution >= 0.6 is 0 Å². The van der Waals surface area contributed by atoms with Crippen LogP contribution < -0.4 is 0 Å². The first kappa shape index (κ1) is 11.5. The van der Waals surface area contributed by atoms with Crippen LogP contribution in [0.15, 0.2) is 36.4 Å². The lowest BCUT2D eigenvalue weighted by atomic mass is 10.0. The third kappa shape index (κ3) is 2.09. The van der Waals surface area contributed by atoms with Gasteiger partial charge in [-0.3, -0.25) is 4.79 Å². The smallest absolute Gasteiger partial charge is 0.150 e. The van der Waals surface area contributed by atoms with Gasteiger partial charge in [0.25, 0.3) is 0 Å². The minimum absolute atomic E-state index is 0.0533. The lowest BCUT2D eigenvalue weighted by molar-refractivity contribution is 0.112. The molecule has 0 aliphatic carbocycles. The van der Waals surface area contributed by atoms with E-state index in [1.807, 2.05) is 0 Å². The Morgan fingerprint density at radius 2 is 1.65 bits per heavy atom. The van der Waals surface area contributed by atoms with E-state index < -0.39 is 11.6 Å². The summed E-state index contributed by atoms with van der Waals surface area (Å²) in [4.78, 5) is 10.5. The Kier molecular flexibility index (Phi) is 3.00. The molecule has 0 amide bonds. The van der Waals surface area contributed by atoms with Crippen LogP contribution in [0.1, 0.15) is 15.9 Å². The average molecular weight is 232 g/mol. The van der Waals surface area contributed by atoms with E-state index in [0.29, 0.717) is 23.0 Å². The molecule has 3 heteroatoms. The van der Waals surface area contributed by atoms with Crippen molar-refractivity contribution in [1.82, 2.24) is 0 Å². The first-order valence-corrected chi connectivity index (χ1v) is 5.13. The molecule has 0 atom stereocenters. The van der Waals surface area contributed by atoms with Gasteiger partial charge < -0.3 is 0 Å². The number of carbonyl (C=O) groups is 1. The predicted molar refractivity (Wildman–Crippen MR) is 61.9 cm³/mol. The van der Waals surface area contributed by atoms with Gasteiger partial charge in [0, 0.05) is 5.56 Å². The van der Waals surface area contributed by atoms with E-state index in [9.17, 15) is 13.6 Å². The number of rotatable bonds is 2. The van der Waals surface area contributed by atoms with Crippen LogP contribution in [0.5, 0.6) is 0 Å². The molecule has 0 aliphatic rings. The molecule has 0 saturated heterocycles. The Bertz CT molecular complexity index is 559. The molecule has 2 aromatic carbocycles. The maximum Gasteiger partial charge on any atom is 0.150 e. The highest BCUT2D eigenvalue weighted by atomic mass is 19.1. The van der Waals surface area contributed by atoms with Crippen LogP contribution in [0.25, 0.3) is 11.1 Å². The van der Waals surface area contributed by atoms with Crippen molar-refractivity contribution >= 4 is 6.29 Å². The van der Waals surface area contributed by atoms with Gasteiger partial charge in [-0.15, -0.1) is 0 Å². The predicted octanol–water partition coefficient (Wildman–Crippen LogP) is 3.75. The largest absolute Gasteiger partial charge is 0.298 e. The van der Waals surface area contributed by atoms with Gasteiger partial charge in [-0.2, -0.15) is 0 Å². The topological polar surface area (TPSA) is 17.1 Å². The zero-order chi connectivity index (χ0) is 12.4. The Labute approximate surface area is 97.7 Å². The van der Waals surface area contributed by atoms with E-state index in [2.05, 4.69) is 0 Å². The van der Waals surface area contributed by atoms with Crippen LogP contribution in [0.4, 0.5) is 8.78 Å². The molecule has 1 nitrogen and oxygen atoms in total. The van der Waals surface area contributed by atoms with E-state index >= 15 is 0 Å². The van der Waals surface area contributed by atoms with Gasteiger partial charge >= 0.3 is 0 Å². The maximum absolute atomic E-state index is 13.8. The third-order valence-electron chi connectivity index (χ3n) is 2.62. The molecule has 0 spiro atoms. The van der Waals surface area contributed by atoms with E-state index in [0.717, 1.165) is 0 Å². The third-order valence-corrected chi connectivity index (χ3v) is 2.62. The van der Waals surface area contributed by atoms with Gasteiger partial charge in [-0.25, -0.2) is 8.78 Å². The van der Waals surface area contributed by atoms with E-state index in [1.165, 1.54) is 36.4 Å². The molecular weight excluding hydrogens is 222 g/mol. The van der Waals surface area contributed by atoms with Crippen molar-refractivity contribution in [3.05, 3.63) is 59.2 Å². The number of hydrogen-bond donors (Lipinski definition) is 0. The summed E-state index contributed by atoms with van der Waals surface area (Å²) in [5.74, 6) is -1.17. The molecule has 86 valence electrons. The standard InChI is InChI=1S/C14H10F2O/c1-9-2-7-12(15)13(14(9)16)11-5-3-10(8-17)4-6-11/h2-8H,1H3. The van der Waals surface area contributed by atoms with Gasteiger partial charge in [0.1, 0.15) is 17.9 Å². The number of aldehydes is 1. The van der Waals surface area contributed by atoms with E-state index in [-0.39, 0.29) is 5.56 Å². The Hall–Kier alpha value is -2.03. The highest BCUT2D eigenvalue weighted by molar-refractivity contribution is 5.77. The van der Waals surface area contributed by atoms with Crippen molar-refractivity contribution in [2.24, 2.45) is 0 Å². The van der Waals surface area contributed by atoms with Crippen molar-refractivity contribution in [1.29, 1.82) is 0 Å². The maximum atomic E-state index is 13.8. The van der Waals surface area contributed by atoms with Crippen LogP contribution in [-0.4, -0.2) is 6.29 Å². The van der Waals surface area contributed by atoms with Gasteiger partial charge in [0.05, 0.1) is 5.56 Å². The Morgan fingerprint density at radius 1 is 1.00 bits per heavy atom. The fourth-order valence-electron chi connectivity index (χ4n) is 1.65. The zero-order valence-corrected chi connectivity index (χ0v) is 9.21. The summed E-state index contributed by atoms with van der Waals surface area (Å²) in [6, 6.07) is 8.76. The van der Waals surface area contributed by atoms with E-state index in [4.69, 9.17) is 0 Å². The van der Waals surface area contributed by atoms with Crippen LogP contribution in [0.2, 0.25) is 0 Å². The van der Waals surface area contributed by atoms with Crippen molar-refractivity contribution in [2.45, 2.75) is 6.92 Å². The summed E-state index contributed by atoms with van der Waals surface area (Å²) >= 11 is 0. The number of hydrogen-bond acceptors (Lipinski definition) is 1. The number of benzene rings is 2. The number of aryl methyl sites for hydroxylation is 1. The second-order valence-corrected chi connectivity index (χ2v) is 3.79. The summed E-state index contributed by atoms with van der Waals surface area (Å²) in [6.45, 7) is 1.58. The lowest BCUT2D eigenvalue weighted by Crippen LogP contribution is -1.93. The first-order valence-electron chi connectivity index (χ1n) is 5.13. The molecule has 0 aromatic heterocycles. The van der Waals surface area contributed by atoms with Crippen LogP contribution in [-0.2, 0) is 0 Å². The highest BCUT2D eigenvalue weighted by Gasteiger charge is 2.13. The van der Waals surface area contributed by atoms with Gasteiger partial charge in [0.15, 0.2) is 0 Å². The summed E-state index contributed by atoms with van der Waals surface area (Å²) in [6.07, 6.45) is 0.687. The molecule has 2 rings (SSSR count). The average Bonchev–Trinajstić information content (AvgIpc) is 2.35. The lowest BCUT2D eigenvalue weighted by Gasteiger charge is -2.07. The first-order chi connectivity index (χ1) is 8.13. The monoisotopic (exact) mass is 232 g/mol. The summed E-state index contributed by atoms with van der Waals surface area (Å²) in [7, 11) is 0. The molecule has 0 fully saturated rings. The summed E-state index contributed by atoms with van der Waals surface area (Å²) in [5.41, 5.74) is 1.24. The molecule has 2 aromatic rings. The quantitative estimate of drug-likeness (QED) is 0.720. The Balaban J connectivity index is 2.59. The number of carbonyl (C=O) groups excluding carboxylic acids is 1. The fourth-order valence-corrected chi connectivity index (χ4v) is 1.65. The van der Waals surface area contributed by atoms with Gasteiger partial charge in [-0.05, 0) is 24.1 Å². The molecule has 0 aliphatic heterocycles. The summed E-state index contributed by atoms with van der Waals surface area (Å²) in [5, 5.41) is 0. The second-order valence-electron chi connectivity index (χ2n) is 3.79. The van der Waals surface area contributed by atoms with Gasteiger partial charge in [0.2, 0.25) is 0 Å². The molecule has 0 N–H and O–H groups in total. The van der Waals surface area contributed by atoms with Crippen molar-refractivity contribution < 1.29 is 13.6 Å². The zero-order valence-electron chi connectivity index (χ0n) is 9.21. The molecular formula is C14H10F2O. The van der Waals surface area contributed by atoms with Crippen molar-refractivity contribution in [3.63, 3.8) is 0 Å². The number of halogens is 2. The molecule has 0 bridgehead atoms. The van der Waals surface area contributed by atoms with E-state index in [1.54, 1.807) is 6.92 Å². The molecule has 0 unspecified atom stereocenters. The van der Waals surface area contributed by atoms with Crippen LogP contribution in [0.3, 0.4) is 0 Å².